The predicted molar refractivity (Wildman–Crippen MR) is 102 cm³/mol. The molecule has 2 N–H and O–H groups in total. The Morgan fingerprint density at radius 3 is 2.62 bits per heavy atom. The molecule has 1 fully saturated rings. The van der Waals surface area contributed by atoms with Crippen LogP contribution in [0.5, 0.6) is 0 Å². The van der Waals surface area contributed by atoms with Crippen LogP contribution in [-0.4, -0.2) is 48.6 Å². The molecule has 0 aliphatic carbocycles. The molecule has 0 saturated carbocycles. The van der Waals surface area contributed by atoms with Gasteiger partial charge in [-0.2, -0.15) is 0 Å². The molecule has 3 rings (SSSR count). The number of aliphatic imine (C=N–C) groups is 1. The van der Waals surface area contributed by atoms with E-state index in [1.807, 2.05) is 23.7 Å². The van der Waals surface area contributed by atoms with Crippen LogP contribution in [0.2, 0.25) is 5.02 Å². The van der Waals surface area contributed by atoms with E-state index in [9.17, 15) is 0 Å². The summed E-state index contributed by atoms with van der Waals surface area (Å²) in [5, 5.41) is 3.88. The van der Waals surface area contributed by atoms with Crippen molar-refractivity contribution < 1.29 is 0 Å². The second kappa shape index (κ2) is 8.35. The Morgan fingerprint density at radius 2 is 1.96 bits per heavy atom. The van der Waals surface area contributed by atoms with Gasteiger partial charge in [-0.25, -0.2) is 4.98 Å². The summed E-state index contributed by atoms with van der Waals surface area (Å²) in [6.07, 6.45) is 3.83. The third-order valence-corrected chi connectivity index (χ3v) is 5.19. The first kappa shape index (κ1) is 17.0. The van der Waals surface area contributed by atoms with Gasteiger partial charge in [0.05, 0.1) is 0 Å². The third kappa shape index (κ3) is 4.61. The first-order valence-corrected chi connectivity index (χ1v) is 9.42. The zero-order chi connectivity index (χ0) is 16.8. The summed E-state index contributed by atoms with van der Waals surface area (Å²) in [6.45, 7) is 4.42. The maximum atomic E-state index is 6.14. The predicted octanol–water partition coefficient (Wildman–Crippen LogP) is 2.87. The van der Waals surface area contributed by atoms with Gasteiger partial charge < -0.3 is 15.5 Å². The van der Waals surface area contributed by atoms with Gasteiger partial charge in [0, 0.05) is 49.3 Å². The van der Waals surface area contributed by atoms with E-state index in [0.29, 0.717) is 5.96 Å². The van der Waals surface area contributed by atoms with E-state index in [1.165, 1.54) is 5.56 Å². The summed E-state index contributed by atoms with van der Waals surface area (Å²) in [5.41, 5.74) is 7.42. The minimum Gasteiger partial charge on any atom is -0.370 e. The second-order valence-electron chi connectivity index (χ2n) is 5.76. The van der Waals surface area contributed by atoms with Gasteiger partial charge in [-0.3, -0.25) is 4.99 Å². The molecule has 0 bridgehead atoms. The molecule has 24 heavy (non-hydrogen) atoms. The quantitative estimate of drug-likeness (QED) is 0.504. The van der Waals surface area contributed by atoms with E-state index in [0.717, 1.165) is 55.7 Å². The summed E-state index contributed by atoms with van der Waals surface area (Å²) in [4.78, 5) is 13.4. The lowest BCUT2D eigenvalue weighted by molar-refractivity contribution is 0.380. The van der Waals surface area contributed by atoms with E-state index in [2.05, 4.69) is 31.9 Å². The smallest absolute Gasteiger partial charge is 0.191 e. The molecule has 1 aromatic heterocycles. The van der Waals surface area contributed by atoms with Crippen molar-refractivity contribution in [3.8, 4) is 0 Å². The van der Waals surface area contributed by atoms with Crippen LogP contribution in [0, 0.1) is 0 Å². The maximum absolute atomic E-state index is 6.14. The van der Waals surface area contributed by atoms with E-state index >= 15 is 0 Å². The molecule has 1 aliphatic rings. The van der Waals surface area contributed by atoms with Crippen LogP contribution in [0.3, 0.4) is 0 Å². The monoisotopic (exact) mass is 363 g/mol. The second-order valence-corrected chi connectivity index (χ2v) is 7.07. The number of hydrogen-bond donors (Lipinski definition) is 1. The molecular weight excluding hydrogens is 342 g/mol. The zero-order valence-electron chi connectivity index (χ0n) is 13.6. The Bertz CT molecular complexity index is 648. The number of guanidine groups is 1. The Labute approximate surface area is 151 Å². The molecule has 0 radical (unpaired) electrons. The number of piperazine rings is 1. The van der Waals surface area contributed by atoms with Crippen molar-refractivity contribution in [3.63, 3.8) is 0 Å². The number of nitrogens with two attached hydrogens (primary N) is 1. The lowest BCUT2D eigenvalue weighted by atomic mass is 10.1. The lowest BCUT2D eigenvalue weighted by Crippen LogP contribution is -2.51. The topological polar surface area (TPSA) is 57.8 Å². The average Bonchev–Trinajstić information content (AvgIpc) is 3.15. The molecule has 128 valence electrons. The van der Waals surface area contributed by atoms with Gasteiger partial charge in [0.15, 0.2) is 11.1 Å². The molecule has 2 heterocycles. The molecule has 0 amide bonds. The van der Waals surface area contributed by atoms with E-state index in [4.69, 9.17) is 17.3 Å². The summed E-state index contributed by atoms with van der Waals surface area (Å²) < 4.78 is 0. The highest BCUT2D eigenvalue weighted by Crippen LogP contribution is 2.18. The van der Waals surface area contributed by atoms with Gasteiger partial charge in [0.25, 0.3) is 0 Å². The molecule has 0 unspecified atom stereocenters. The SMILES string of the molecule is NC(=NCCCc1ccc(Cl)cc1)N1CCN(c2nccs2)CC1. The molecule has 1 saturated heterocycles. The van der Waals surface area contributed by atoms with Gasteiger partial charge in [0.2, 0.25) is 0 Å². The normalized spacial score (nSPS) is 15.8. The number of anilines is 1. The van der Waals surface area contributed by atoms with Crippen molar-refractivity contribution >= 4 is 34.0 Å². The van der Waals surface area contributed by atoms with Crippen molar-refractivity contribution in [2.24, 2.45) is 10.7 Å². The zero-order valence-corrected chi connectivity index (χ0v) is 15.1. The van der Waals surface area contributed by atoms with Crippen LogP contribution in [0.1, 0.15) is 12.0 Å². The van der Waals surface area contributed by atoms with Crippen molar-refractivity contribution in [1.82, 2.24) is 9.88 Å². The highest BCUT2D eigenvalue weighted by molar-refractivity contribution is 7.13. The van der Waals surface area contributed by atoms with Crippen LogP contribution in [0.25, 0.3) is 0 Å². The van der Waals surface area contributed by atoms with Crippen LogP contribution in [0.15, 0.2) is 40.8 Å². The van der Waals surface area contributed by atoms with Crippen molar-refractivity contribution in [3.05, 3.63) is 46.4 Å². The fourth-order valence-electron chi connectivity index (χ4n) is 2.73. The molecule has 1 aliphatic heterocycles. The standard InChI is InChI=1S/C17H22ClN5S/c18-15-5-3-14(4-6-15)2-1-7-20-16(19)22-9-11-23(12-10-22)17-21-8-13-24-17/h3-6,8,13H,1-2,7,9-12H2,(H2,19,20). The van der Waals surface area contributed by atoms with E-state index in [1.54, 1.807) is 11.3 Å². The number of aryl methyl sites for hydroxylation is 1. The van der Waals surface area contributed by atoms with Crippen LogP contribution in [-0.2, 0) is 6.42 Å². The van der Waals surface area contributed by atoms with Crippen molar-refractivity contribution in [2.75, 3.05) is 37.6 Å². The minimum atomic E-state index is 0.657. The fraction of sp³-hybridized carbons (Fsp3) is 0.412. The summed E-state index contributed by atoms with van der Waals surface area (Å²) >= 11 is 7.57. The van der Waals surface area contributed by atoms with Crippen LogP contribution < -0.4 is 10.6 Å². The fourth-order valence-corrected chi connectivity index (χ4v) is 3.55. The Morgan fingerprint density at radius 1 is 1.21 bits per heavy atom. The first-order valence-electron chi connectivity index (χ1n) is 8.16. The molecule has 2 aromatic rings. The molecule has 0 spiro atoms. The number of nitrogens with zero attached hydrogens (tertiary/aromatic N) is 4. The van der Waals surface area contributed by atoms with Gasteiger partial charge >= 0.3 is 0 Å². The van der Waals surface area contributed by atoms with E-state index < -0.39 is 0 Å². The lowest BCUT2D eigenvalue weighted by Gasteiger charge is -2.35. The highest BCUT2D eigenvalue weighted by Gasteiger charge is 2.19. The van der Waals surface area contributed by atoms with Gasteiger partial charge in [0.1, 0.15) is 0 Å². The van der Waals surface area contributed by atoms with Crippen LogP contribution in [0.4, 0.5) is 5.13 Å². The minimum absolute atomic E-state index is 0.657. The highest BCUT2D eigenvalue weighted by atomic mass is 35.5. The Kier molecular flexibility index (Phi) is 5.93. The maximum Gasteiger partial charge on any atom is 0.191 e. The number of hydrogen-bond acceptors (Lipinski definition) is 4. The summed E-state index contributed by atoms with van der Waals surface area (Å²) in [6, 6.07) is 7.98. The molecular formula is C17H22ClN5S. The summed E-state index contributed by atoms with van der Waals surface area (Å²) in [7, 11) is 0. The first-order chi connectivity index (χ1) is 11.7. The largest absolute Gasteiger partial charge is 0.370 e. The van der Waals surface area contributed by atoms with E-state index in [-0.39, 0.29) is 0 Å². The summed E-state index contributed by atoms with van der Waals surface area (Å²) in [5.74, 6) is 0.657. The number of rotatable bonds is 5. The van der Waals surface area contributed by atoms with Gasteiger partial charge in [-0.05, 0) is 30.5 Å². The molecule has 7 heteroatoms. The number of thiazole rings is 1. The van der Waals surface area contributed by atoms with Crippen molar-refractivity contribution in [1.29, 1.82) is 0 Å². The number of aromatic nitrogens is 1. The van der Waals surface area contributed by atoms with Crippen molar-refractivity contribution in [2.45, 2.75) is 12.8 Å². The number of halogens is 1. The number of benzene rings is 1. The Hall–Kier alpha value is -1.79. The molecule has 0 atom stereocenters. The molecule has 5 nitrogen and oxygen atoms in total. The average molecular weight is 364 g/mol. The molecule has 1 aromatic carbocycles. The van der Waals surface area contributed by atoms with Gasteiger partial charge in [-0.1, -0.05) is 23.7 Å². The van der Waals surface area contributed by atoms with Crippen LogP contribution >= 0.6 is 22.9 Å². The van der Waals surface area contributed by atoms with Gasteiger partial charge in [-0.15, -0.1) is 11.3 Å². The third-order valence-electron chi connectivity index (χ3n) is 4.10. The Balaban J connectivity index is 1.40.